The highest BCUT2D eigenvalue weighted by Gasteiger charge is 2.28. The SMILES string of the molecule is N[C@H](Cc1ccc(Cl)cc1Cl)C(=O)N1Cc2ccc(NCC3CCCCC3)cc2C1. The van der Waals surface area contributed by atoms with Crippen molar-refractivity contribution in [1.29, 1.82) is 0 Å². The first kappa shape index (κ1) is 21.5. The lowest BCUT2D eigenvalue weighted by Gasteiger charge is -2.22. The smallest absolute Gasteiger partial charge is 0.240 e. The van der Waals surface area contributed by atoms with Crippen molar-refractivity contribution in [3.63, 3.8) is 0 Å². The number of hydrogen-bond acceptors (Lipinski definition) is 3. The molecule has 0 spiro atoms. The summed E-state index contributed by atoms with van der Waals surface area (Å²) in [6.07, 6.45) is 7.15. The first-order chi connectivity index (χ1) is 14.5. The molecule has 30 heavy (non-hydrogen) atoms. The number of carbonyl (C=O) groups excluding carboxylic acids is 1. The van der Waals surface area contributed by atoms with Gasteiger partial charge in [0.2, 0.25) is 5.91 Å². The standard InChI is InChI=1S/C24H29Cl2N3O/c25-20-8-6-17(22(26)12-20)11-23(27)24(30)29-14-18-7-9-21(10-19(18)15-29)28-13-16-4-2-1-3-5-16/h6-10,12,16,23,28H,1-5,11,13-15,27H2/t23-/m1/s1. The van der Waals surface area contributed by atoms with Gasteiger partial charge in [-0.3, -0.25) is 4.79 Å². The number of rotatable bonds is 6. The Hall–Kier alpha value is -1.75. The Morgan fingerprint density at radius 2 is 1.83 bits per heavy atom. The van der Waals surface area contributed by atoms with Crippen molar-refractivity contribution in [3.8, 4) is 0 Å². The molecule has 2 aromatic rings. The molecule has 4 rings (SSSR count). The van der Waals surface area contributed by atoms with E-state index in [0.717, 1.165) is 23.7 Å². The number of halogens is 2. The number of amides is 1. The minimum atomic E-state index is -0.623. The molecular weight excluding hydrogens is 417 g/mol. The van der Waals surface area contributed by atoms with E-state index in [2.05, 4.69) is 23.5 Å². The van der Waals surface area contributed by atoms with Crippen molar-refractivity contribution < 1.29 is 4.79 Å². The van der Waals surface area contributed by atoms with Crippen LogP contribution in [-0.2, 0) is 24.3 Å². The summed E-state index contributed by atoms with van der Waals surface area (Å²) >= 11 is 12.2. The molecule has 1 aliphatic heterocycles. The lowest BCUT2D eigenvalue weighted by atomic mass is 9.89. The highest BCUT2D eigenvalue weighted by molar-refractivity contribution is 6.35. The lowest BCUT2D eigenvalue weighted by Crippen LogP contribution is -2.42. The molecular formula is C24H29Cl2N3O. The summed E-state index contributed by atoms with van der Waals surface area (Å²) in [7, 11) is 0. The molecule has 1 heterocycles. The molecule has 1 fully saturated rings. The molecule has 0 saturated heterocycles. The maximum Gasteiger partial charge on any atom is 0.240 e. The minimum absolute atomic E-state index is 0.0473. The summed E-state index contributed by atoms with van der Waals surface area (Å²) in [6.45, 7) is 2.25. The lowest BCUT2D eigenvalue weighted by molar-refractivity contribution is -0.133. The van der Waals surface area contributed by atoms with Crippen LogP contribution >= 0.6 is 23.2 Å². The fourth-order valence-electron chi connectivity index (χ4n) is 4.56. The molecule has 1 atom stereocenters. The summed E-state index contributed by atoms with van der Waals surface area (Å²) in [4.78, 5) is 14.8. The van der Waals surface area contributed by atoms with Gasteiger partial charge >= 0.3 is 0 Å². The maximum atomic E-state index is 12.9. The normalized spacial score (nSPS) is 17.6. The van der Waals surface area contributed by atoms with Crippen molar-refractivity contribution >= 4 is 34.8 Å². The predicted molar refractivity (Wildman–Crippen MR) is 124 cm³/mol. The monoisotopic (exact) mass is 445 g/mol. The van der Waals surface area contributed by atoms with Crippen LogP contribution in [0.2, 0.25) is 10.0 Å². The second-order valence-corrected chi connectivity index (χ2v) is 9.45. The Morgan fingerprint density at radius 3 is 2.60 bits per heavy atom. The van der Waals surface area contributed by atoms with Gasteiger partial charge < -0.3 is 16.0 Å². The van der Waals surface area contributed by atoms with Crippen LogP contribution in [0.5, 0.6) is 0 Å². The fourth-order valence-corrected chi connectivity index (χ4v) is 5.05. The number of fused-ring (bicyclic) bond motifs is 1. The second kappa shape index (κ2) is 9.59. The van der Waals surface area contributed by atoms with E-state index in [-0.39, 0.29) is 5.91 Å². The van der Waals surface area contributed by atoms with Crippen LogP contribution in [0.1, 0.15) is 48.8 Å². The van der Waals surface area contributed by atoms with Gasteiger partial charge in [0.05, 0.1) is 6.04 Å². The molecule has 1 amide bonds. The zero-order valence-corrected chi connectivity index (χ0v) is 18.7. The van der Waals surface area contributed by atoms with Gasteiger partial charge in [-0.25, -0.2) is 0 Å². The Morgan fingerprint density at radius 1 is 1.07 bits per heavy atom. The number of nitrogens with two attached hydrogens (primary N) is 1. The van der Waals surface area contributed by atoms with Gasteiger partial charge in [-0.2, -0.15) is 0 Å². The van der Waals surface area contributed by atoms with Gasteiger partial charge in [-0.1, -0.05) is 54.6 Å². The van der Waals surface area contributed by atoms with Gasteiger partial charge in [0.15, 0.2) is 0 Å². The Kier molecular flexibility index (Phi) is 6.87. The van der Waals surface area contributed by atoms with E-state index in [0.29, 0.717) is 29.6 Å². The summed E-state index contributed by atoms with van der Waals surface area (Å²) in [6, 6.07) is 11.1. The fraction of sp³-hybridized carbons (Fsp3) is 0.458. The number of nitrogens with zero attached hydrogens (tertiary/aromatic N) is 1. The van der Waals surface area contributed by atoms with Crippen LogP contribution in [0, 0.1) is 5.92 Å². The topological polar surface area (TPSA) is 58.4 Å². The Labute approximate surface area is 188 Å². The number of benzene rings is 2. The van der Waals surface area contributed by atoms with E-state index >= 15 is 0 Å². The van der Waals surface area contributed by atoms with E-state index in [9.17, 15) is 4.79 Å². The van der Waals surface area contributed by atoms with Gasteiger partial charge in [-0.05, 0) is 66.1 Å². The zero-order valence-electron chi connectivity index (χ0n) is 17.2. The van der Waals surface area contributed by atoms with Crippen LogP contribution in [0.15, 0.2) is 36.4 Å². The summed E-state index contributed by atoms with van der Waals surface area (Å²) < 4.78 is 0. The predicted octanol–water partition coefficient (Wildman–Crippen LogP) is 5.40. The number of nitrogens with one attached hydrogen (secondary N) is 1. The molecule has 1 saturated carbocycles. The highest BCUT2D eigenvalue weighted by Crippen LogP contribution is 2.29. The maximum absolute atomic E-state index is 12.9. The Balaban J connectivity index is 1.34. The quantitative estimate of drug-likeness (QED) is 0.625. The zero-order chi connectivity index (χ0) is 21.1. The molecule has 0 aromatic heterocycles. The molecule has 0 radical (unpaired) electrons. The van der Waals surface area contributed by atoms with Gasteiger partial charge in [0.1, 0.15) is 0 Å². The van der Waals surface area contributed by atoms with Crippen molar-refractivity contribution in [1.82, 2.24) is 4.90 Å². The average Bonchev–Trinajstić information content (AvgIpc) is 3.17. The molecule has 6 heteroatoms. The van der Waals surface area contributed by atoms with Crippen molar-refractivity contribution in [2.45, 2.75) is 57.7 Å². The number of hydrogen-bond donors (Lipinski definition) is 2. The highest BCUT2D eigenvalue weighted by atomic mass is 35.5. The van der Waals surface area contributed by atoms with Crippen LogP contribution in [0.25, 0.3) is 0 Å². The first-order valence-electron chi connectivity index (χ1n) is 10.8. The van der Waals surface area contributed by atoms with Crippen molar-refractivity contribution in [2.24, 2.45) is 11.7 Å². The molecule has 2 aliphatic rings. The average molecular weight is 446 g/mol. The van der Waals surface area contributed by atoms with Crippen molar-refractivity contribution in [2.75, 3.05) is 11.9 Å². The summed E-state index contributed by atoms with van der Waals surface area (Å²) in [5.41, 5.74) is 10.6. The summed E-state index contributed by atoms with van der Waals surface area (Å²) in [5, 5.41) is 4.72. The van der Waals surface area contributed by atoms with Gasteiger partial charge in [0.25, 0.3) is 0 Å². The van der Waals surface area contributed by atoms with E-state index in [4.69, 9.17) is 28.9 Å². The molecule has 1 aliphatic carbocycles. The minimum Gasteiger partial charge on any atom is -0.385 e. The molecule has 3 N–H and O–H groups in total. The van der Waals surface area contributed by atoms with Gasteiger partial charge in [-0.15, -0.1) is 0 Å². The van der Waals surface area contributed by atoms with Crippen LogP contribution in [0.3, 0.4) is 0 Å². The third-order valence-corrected chi connectivity index (χ3v) is 6.92. The van der Waals surface area contributed by atoms with Crippen LogP contribution < -0.4 is 11.1 Å². The molecule has 0 bridgehead atoms. The van der Waals surface area contributed by atoms with Crippen molar-refractivity contribution in [3.05, 3.63) is 63.1 Å². The molecule has 4 nitrogen and oxygen atoms in total. The third-order valence-electron chi connectivity index (χ3n) is 6.33. The van der Waals surface area contributed by atoms with E-state index in [1.165, 1.54) is 43.2 Å². The second-order valence-electron chi connectivity index (χ2n) is 8.61. The molecule has 2 aromatic carbocycles. The number of anilines is 1. The first-order valence-corrected chi connectivity index (χ1v) is 11.6. The van der Waals surface area contributed by atoms with Gasteiger partial charge in [0, 0.05) is 35.4 Å². The number of carbonyl (C=O) groups is 1. The molecule has 160 valence electrons. The van der Waals surface area contributed by atoms with E-state index < -0.39 is 6.04 Å². The molecule has 0 unspecified atom stereocenters. The van der Waals surface area contributed by atoms with E-state index in [1.807, 2.05) is 11.0 Å². The largest absolute Gasteiger partial charge is 0.385 e. The summed E-state index contributed by atoms with van der Waals surface area (Å²) in [5.74, 6) is 0.733. The van der Waals surface area contributed by atoms with E-state index in [1.54, 1.807) is 12.1 Å². The third kappa shape index (κ3) is 5.11. The Bertz CT molecular complexity index is 911. The van der Waals surface area contributed by atoms with Crippen LogP contribution in [0.4, 0.5) is 5.69 Å². The van der Waals surface area contributed by atoms with Crippen LogP contribution in [-0.4, -0.2) is 23.4 Å².